The van der Waals surface area contributed by atoms with Gasteiger partial charge in [-0.3, -0.25) is 4.79 Å². The summed E-state index contributed by atoms with van der Waals surface area (Å²) in [6.45, 7) is 0.909. The molecule has 1 aliphatic heterocycles. The first-order valence-electron chi connectivity index (χ1n) is 8.46. The minimum absolute atomic E-state index is 0.214. The maximum Gasteiger partial charge on any atom is 0.223 e. The lowest BCUT2D eigenvalue weighted by Gasteiger charge is -2.24. The molecule has 0 unspecified atom stereocenters. The number of hydrogen-bond donors (Lipinski definition) is 0. The van der Waals surface area contributed by atoms with Gasteiger partial charge in [0.15, 0.2) is 0 Å². The Kier molecular flexibility index (Phi) is 3.87. The minimum Gasteiger partial charge on any atom is -0.333 e. The molecule has 0 N–H and O–H groups in total. The van der Waals surface area contributed by atoms with Crippen LogP contribution in [0.15, 0.2) is 24.3 Å². The molecule has 3 nitrogen and oxygen atoms in total. The quantitative estimate of drug-likeness (QED) is 0.833. The van der Waals surface area contributed by atoms with Crippen LogP contribution in [-0.2, 0) is 4.79 Å². The number of thiazole rings is 1. The molecular formula is C18H22N2OS. The smallest absolute Gasteiger partial charge is 0.223 e. The third kappa shape index (κ3) is 2.65. The van der Waals surface area contributed by atoms with Crippen molar-refractivity contribution < 1.29 is 4.79 Å². The number of fused-ring (bicyclic) bond motifs is 1. The number of carbonyl (C=O) groups excluding carboxylic acids is 1. The van der Waals surface area contributed by atoms with E-state index in [-0.39, 0.29) is 6.04 Å². The molecule has 4 heteroatoms. The third-order valence-corrected chi connectivity index (χ3v) is 6.24. The van der Waals surface area contributed by atoms with E-state index in [1.54, 1.807) is 11.3 Å². The molecule has 116 valence electrons. The van der Waals surface area contributed by atoms with Crippen molar-refractivity contribution in [3.63, 3.8) is 0 Å². The van der Waals surface area contributed by atoms with Gasteiger partial charge in [-0.2, -0.15) is 0 Å². The topological polar surface area (TPSA) is 33.2 Å². The van der Waals surface area contributed by atoms with Gasteiger partial charge in [-0.1, -0.05) is 25.0 Å². The van der Waals surface area contributed by atoms with Gasteiger partial charge in [0.25, 0.3) is 0 Å². The van der Waals surface area contributed by atoms with Crippen molar-refractivity contribution in [2.24, 2.45) is 5.92 Å². The summed E-state index contributed by atoms with van der Waals surface area (Å²) in [5.74, 6) is 0.984. The highest BCUT2D eigenvalue weighted by Gasteiger charge is 2.33. The van der Waals surface area contributed by atoms with Gasteiger partial charge in [0.1, 0.15) is 5.01 Å². The highest BCUT2D eigenvalue weighted by molar-refractivity contribution is 7.18. The van der Waals surface area contributed by atoms with Crippen LogP contribution in [0.5, 0.6) is 0 Å². The molecule has 2 fully saturated rings. The summed E-state index contributed by atoms with van der Waals surface area (Å²) >= 11 is 1.75. The molecule has 1 aliphatic carbocycles. The lowest BCUT2D eigenvalue weighted by molar-refractivity contribution is -0.133. The molecule has 2 aliphatic rings. The first-order chi connectivity index (χ1) is 10.8. The third-order valence-electron chi connectivity index (χ3n) is 5.11. The van der Waals surface area contributed by atoms with Crippen LogP contribution in [-0.4, -0.2) is 22.3 Å². The Bertz CT molecular complexity index is 642. The molecule has 1 aromatic heterocycles. The van der Waals surface area contributed by atoms with Gasteiger partial charge in [-0.25, -0.2) is 4.98 Å². The fourth-order valence-electron chi connectivity index (χ4n) is 3.93. The lowest BCUT2D eigenvalue weighted by atomic mass is 10.0. The molecule has 2 aromatic rings. The molecule has 22 heavy (non-hydrogen) atoms. The molecule has 1 saturated heterocycles. The summed E-state index contributed by atoms with van der Waals surface area (Å²) in [4.78, 5) is 19.6. The van der Waals surface area contributed by atoms with Crippen LogP contribution in [0.25, 0.3) is 10.2 Å². The SMILES string of the molecule is O=C(CC1CCCC1)N1CCC[C@H]1c1nc2ccccc2s1. The molecule has 0 spiro atoms. The van der Waals surface area contributed by atoms with E-state index in [9.17, 15) is 4.79 Å². The molecule has 4 rings (SSSR count). The number of para-hydroxylation sites is 1. The maximum atomic E-state index is 12.7. The Morgan fingerprint density at radius 3 is 2.82 bits per heavy atom. The average Bonchev–Trinajstić information content (AvgIpc) is 3.26. The normalized spacial score (nSPS) is 22.7. The van der Waals surface area contributed by atoms with Crippen molar-refractivity contribution in [2.75, 3.05) is 6.54 Å². The first-order valence-corrected chi connectivity index (χ1v) is 9.28. The van der Waals surface area contributed by atoms with Crippen LogP contribution in [0.3, 0.4) is 0 Å². The van der Waals surface area contributed by atoms with Crippen LogP contribution in [0, 0.1) is 5.92 Å². The number of amides is 1. The van der Waals surface area contributed by atoms with E-state index in [4.69, 9.17) is 4.98 Å². The summed E-state index contributed by atoms with van der Waals surface area (Å²) in [5.41, 5.74) is 1.07. The van der Waals surface area contributed by atoms with Crippen molar-refractivity contribution in [2.45, 2.75) is 51.0 Å². The van der Waals surface area contributed by atoms with Crippen molar-refractivity contribution >= 4 is 27.5 Å². The van der Waals surface area contributed by atoms with Crippen molar-refractivity contribution in [1.29, 1.82) is 0 Å². The van der Waals surface area contributed by atoms with Gasteiger partial charge >= 0.3 is 0 Å². The summed E-state index contributed by atoms with van der Waals surface area (Å²) in [6, 6.07) is 8.49. The lowest BCUT2D eigenvalue weighted by Crippen LogP contribution is -2.31. The largest absolute Gasteiger partial charge is 0.333 e. The van der Waals surface area contributed by atoms with E-state index in [2.05, 4.69) is 23.1 Å². The van der Waals surface area contributed by atoms with Crippen LogP contribution in [0.4, 0.5) is 0 Å². The van der Waals surface area contributed by atoms with Crippen molar-refractivity contribution in [3.05, 3.63) is 29.3 Å². The number of hydrogen-bond acceptors (Lipinski definition) is 3. The second-order valence-corrected chi connectivity index (χ2v) is 7.68. The predicted molar refractivity (Wildman–Crippen MR) is 89.9 cm³/mol. The number of aromatic nitrogens is 1. The molecular weight excluding hydrogens is 292 g/mol. The Morgan fingerprint density at radius 2 is 2.00 bits per heavy atom. The van der Waals surface area contributed by atoms with E-state index < -0.39 is 0 Å². The zero-order chi connectivity index (χ0) is 14.9. The summed E-state index contributed by atoms with van der Waals surface area (Å²) in [7, 11) is 0. The molecule has 2 heterocycles. The van der Waals surface area contributed by atoms with Gasteiger partial charge < -0.3 is 4.90 Å². The average molecular weight is 314 g/mol. The number of carbonyl (C=O) groups is 1. The molecule has 1 amide bonds. The van der Waals surface area contributed by atoms with Gasteiger partial charge in [-0.05, 0) is 43.7 Å². The molecule has 0 bridgehead atoms. The molecule has 1 aromatic carbocycles. The highest BCUT2D eigenvalue weighted by Crippen LogP contribution is 2.38. The number of benzene rings is 1. The molecule has 1 atom stereocenters. The summed E-state index contributed by atoms with van der Waals surface area (Å²) in [5, 5.41) is 1.12. The summed E-state index contributed by atoms with van der Waals surface area (Å²) in [6.07, 6.45) is 8.02. The Morgan fingerprint density at radius 1 is 1.18 bits per heavy atom. The number of nitrogens with zero attached hydrogens (tertiary/aromatic N) is 2. The Balaban J connectivity index is 1.53. The van der Waals surface area contributed by atoms with Gasteiger partial charge in [-0.15, -0.1) is 11.3 Å². The van der Waals surface area contributed by atoms with Crippen molar-refractivity contribution in [3.8, 4) is 0 Å². The van der Waals surface area contributed by atoms with Gasteiger partial charge in [0.2, 0.25) is 5.91 Å². The van der Waals surface area contributed by atoms with Crippen molar-refractivity contribution in [1.82, 2.24) is 9.88 Å². The van der Waals surface area contributed by atoms with Crippen LogP contribution < -0.4 is 0 Å². The Labute approximate surface area is 135 Å². The zero-order valence-electron chi connectivity index (χ0n) is 12.8. The predicted octanol–water partition coefficient (Wildman–Crippen LogP) is 4.54. The Hall–Kier alpha value is -1.42. The molecule has 0 radical (unpaired) electrons. The number of likely N-dealkylation sites (tertiary alicyclic amines) is 1. The van der Waals surface area contributed by atoms with Crippen LogP contribution in [0.2, 0.25) is 0 Å². The fourth-order valence-corrected chi connectivity index (χ4v) is 5.05. The standard InChI is InChI=1S/C18H22N2OS/c21-17(12-13-6-1-2-7-13)20-11-5-9-15(20)18-19-14-8-3-4-10-16(14)22-18/h3-4,8,10,13,15H,1-2,5-7,9,11-12H2/t15-/m0/s1. The second kappa shape index (κ2) is 5.99. The van der Waals surface area contributed by atoms with Gasteiger partial charge in [0.05, 0.1) is 16.3 Å². The maximum absolute atomic E-state index is 12.7. The fraction of sp³-hybridized carbons (Fsp3) is 0.556. The van der Waals surface area contributed by atoms with E-state index in [1.165, 1.54) is 30.4 Å². The second-order valence-electron chi connectivity index (χ2n) is 6.62. The van der Waals surface area contributed by atoms with Crippen LogP contribution in [0.1, 0.15) is 56.0 Å². The summed E-state index contributed by atoms with van der Waals surface area (Å²) < 4.78 is 1.23. The van der Waals surface area contributed by atoms with E-state index in [0.29, 0.717) is 11.8 Å². The van der Waals surface area contributed by atoms with E-state index >= 15 is 0 Å². The highest BCUT2D eigenvalue weighted by atomic mass is 32.1. The molecule has 1 saturated carbocycles. The zero-order valence-corrected chi connectivity index (χ0v) is 13.6. The monoisotopic (exact) mass is 314 g/mol. The first kappa shape index (κ1) is 14.2. The number of rotatable bonds is 3. The van der Waals surface area contributed by atoms with Gasteiger partial charge in [0, 0.05) is 13.0 Å². The minimum atomic E-state index is 0.214. The van der Waals surface area contributed by atoms with E-state index in [0.717, 1.165) is 36.3 Å². The van der Waals surface area contributed by atoms with E-state index in [1.807, 2.05) is 6.07 Å². The van der Waals surface area contributed by atoms with Crippen LogP contribution >= 0.6 is 11.3 Å².